The van der Waals surface area contributed by atoms with Crippen molar-refractivity contribution in [1.82, 2.24) is 19.9 Å². The number of rotatable bonds is 4. The zero-order chi connectivity index (χ0) is 20.6. The molecule has 3 N–H and O–H groups in total. The number of pyridine rings is 1. The second-order valence-electron chi connectivity index (χ2n) is 7.77. The Morgan fingerprint density at radius 3 is 2.48 bits per heavy atom. The van der Waals surface area contributed by atoms with E-state index in [1.807, 2.05) is 11.0 Å². The first kappa shape index (κ1) is 19.8. The minimum absolute atomic E-state index is 0.0899. The first-order valence-corrected chi connectivity index (χ1v) is 9.66. The van der Waals surface area contributed by atoms with Crippen LogP contribution in [0.2, 0.25) is 0 Å². The summed E-state index contributed by atoms with van der Waals surface area (Å²) in [5.41, 5.74) is 6.03. The molecule has 7 nitrogen and oxygen atoms in total. The number of nitrogens with two attached hydrogens (primary N) is 1. The maximum atomic E-state index is 13.0. The Bertz CT molecular complexity index is 859. The summed E-state index contributed by atoms with van der Waals surface area (Å²) < 4.78 is 39.0. The third-order valence-corrected chi connectivity index (χ3v) is 5.41. The highest BCUT2D eigenvalue weighted by Crippen LogP contribution is 2.32. The van der Waals surface area contributed by atoms with E-state index in [4.69, 9.17) is 10.7 Å². The van der Waals surface area contributed by atoms with Crippen LogP contribution in [-0.4, -0.2) is 59.1 Å². The fourth-order valence-electron chi connectivity index (χ4n) is 3.65. The Balaban J connectivity index is 1.62. The van der Waals surface area contributed by atoms with Gasteiger partial charge in [0.15, 0.2) is 0 Å². The molecule has 156 valence electrons. The van der Waals surface area contributed by atoms with E-state index in [2.05, 4.69) is 27.2 Å². The highest BCUT2D eigenvalue weighted by molar-refractivity contribution is 5.56. The van der Waals surface area contributed by atoms with Gasteiger partial charge in [-0.3, -0.25) is 0 Å². The van der Waals surface area contributed by atoms with Gasteiger partial charge in [0, 0.05) is 37.3 Å². The quantitative estimate of drug-likeness (QED) is 0.806. The molecule has 0 amide bonds. The number of halogens is 3. The number of hydrogen-bond acceptors (Lipinski definition) is 7. The summed E-state index contributed by atoms with van der Waals surface area (Å²) in [5.74, 6) is 1.38. The molecule has 2 saturated heterocycles. The minimum Gasteiger partial charge on any atom is -0.338 e. The van der Waals surface area contributed by atoms with Gasteiger partial charge in [-0.2, -0.15) is 18.2 Å². The van der Waals surface area contributed by atoms with E-state index in [1.54, 1.807) is 0 Å². The van der Waals surface area contributed by atoms with Crippen LogP contribution < -0.4 is 16.0 Å². The molecule has 0 saturated carbocycles. The van der Waals surface area contributed by atoms with Crippen LogP contribution in [0.4, 0.5) is 30.8 Å². The molecule has 0 aromatic carbocycles. The normalized spacial score (nSPS) is 19.3. The maximum Gasteiger partial charge on any atom is 0.416 e. The van der Waals surface area contributed by atoms with Crippen LogP contribution in [0.1, 0.15) is 30.0 Å². The standard InChI is InChI=1S/C19H24F3N7/c1-28-6-3-12(4-7-28)15-9-17(27-18(25-15)29-10-14(23)11-29)26-16-8-13(2-5-24-16)19(20,21)22/h2,5,8-9,12,14H,3-4,6-7,10-11,23H2,1H3,(H,24,25,26,27). The average molecular weight is 407 g/mol. The molecule has 2 aromatic heterocycles. The van der Waals surface area contributed by atoms with Gasteiger partial charge in [-0.05, 0) is 45.1 Å². The van der Waals surface area contributed by atoms with E-state index >= 15 is 0 Å². The van der Waals surface area contributed by atoms with E-state index in [0.717, 1.165) is 50.0 Å². The lowest BCUT2D eigenvalue weighted by molar-refractivity contribution is -0.137. The molecule has 4 rings (SSSR count). The number of hydrogen-bond donors (Lipinski definition) is 2. The highest BCUT2D eigenvalue weighted by atomic mass is 19.4. The van der Waals surface area contributed by atoms with Gasteiger partial charge in [0.05, 0.1) is 11.3 Å². The van der Waals surface area contributed by atoms with Gasteiger partial charge in [0.1, 0.15) is 11.6 Å². The first-order chi connectivity index (χ1) is 13.8. The van der Waals surface area contributed by atoms with Crippen molar-refractivity contribution < 1.29 is 13.2 Å². The number of anilines is 3. The lowest BCUT2D eigenvalue weighted by Crippen LogP contribution is -2.56. The molecule has 0 spiro atoms. The smallest absolute Gasteiger partial charge is 0.338 e. The molecule has 2 aromatic rings. The molecule has 10 heteroatoms. The summed E-state index contributed by atoms with van der Waals surface area (Å²) in [5, 5.41) is 2.93. The van der Waals surface area contributed by atoms with E-state index in [1.165, 1.54) is 0 Å². The Morgan fingerprint density at radius 2 is 1.83 bits per heavy atom. The second-order valence-corrected chi connectivity index (χ2v) is 7.77. The van der Waals surface area contributed by atoms with Gasteiger partial charge in [-0.15, -0.1) is 0 Å². The van der Waals surface area contributed by atoms with Crippen LogP contribution in [0, 0.1) is 0 Å². The molecule has 2 fully saturated rings. The molecule has 2 aliphatic heterocycles. The molecule has 29 heavy (non-hydrogen) atoms. The van der Waals surface area contributed by atoms with Crippen LogP contribution in [-0.2, 0) is 6.18 Å². The number of piperidine rings is 1. The van der Waals surface area contributed by atoms with Gasteiger partial charge < -0.3 is 20.9 Å². The minimum atomic E-state index is -4.43. The van der Waals surface area contributed by atoms with E-state index < -0.39 is 11.7 Å². The predicted octanol–water partition coefficient (Wildman–Crippen LogP) is 2.59. The molecule has 2 aliphatic rings. The van der Waals surface area contributed by atoms with Crippen molar-refractivity contribution in [2.75, 3.05) is 43.4 Å². The molecular weight excluding hydrogens is 383 g/mol. The Hall–Kier alpha value is -2.46. The Kier molecular flexibility index (Phi) is 5.30. The van der Waals surface area contributed by atoms with Crippen molar-refractivity contribution in [3.63, 3.8) is 0 Å². The summed E-state index contributed by atoms with van der Waals surface area (Å²) in [6.07, 6.45) is -1.33. The van der Waals surface area contributed by atoms with Gasteiger partial charge in [0.2, 0.25) is 5.95 Å². The zero-order valence-electron chi connectivity index (χ0n) is 16.2. The topological polar surface area (TPSA) is 83.2 Å². The van der Waals surface area contributed by atoms with Crippen LogP contribution >= 0.6 is 0 Å². The van der Waals surface area contributed by atoms with Gasteiger partial charge in [-0.1, -0.05) is 0 Å². The summed E-state index contributed by atoms with van der Waals surface area (Å²) in [4.78, 5) is 17.5. The third-order valence-electron chi connectivity index (χ3n) is 5.41. The summed E-state index contributed by atoms with van der Waals surface area (Å²) in [7, 11) is 2.09. The molecule has 0 radical (unpaired) electrons. The largest absolute Gasteiger partial charge is 0.416 e. The summed E-state index contributed by atoms with van der Waals surface area (Å²) in [6, 6.07) is 3.84. The monoisotopic (exact) mass is 407 g/mol. The predicted molar refractivity (Wildman–Crippen MR) is 104 cm³/mol. The van der Waals surface area contributed by atoms with Crippen LogP contribution in [0.5, 0.6) is 0 Å². The molecule has 0 unspecified atom stereocenters. The Labute approximate surface area is 167 Å². The van der Waals surface area contributed by atoms with Crippen molar-refractivity contribution >= 4 is 17.6 Å². The van der Waals surface area contributed by atoms with Gasteiger partial charge in [-0.25, -0.2) is 9.97 Å². The van der Waals surface area contributed by atoms with Crippen molar-refractivity contribution in [2.45, 2.75) is 31.0 Å². The van der Waals surface area contributed by atoms with Crippen LogP contribution in [0.3, 0.4) is 0 Å². The Morgan fingerprint density at radius 1 is 1.10 bits per heavy atom. The van der Waals surface area contributed by atoms with Crippen molar-refractivity contribution in [2.24, 2.45) is 5.73 Å². The number of nitrogens with one attached hydrogen (secondary N) is 1. The van der Waals surface area contributed by atoms with Crippen molar-refractivity contribution in [1.29, 1.82) is 0 Å². The number of alkyl halides is 3. The molecule has 0 aliphatic carbocycles. The first-order valence-electron chi connectivity index (χ1n) is 9.66. The fourth-order valence-corrected chi connectivity index (χ4v) is 3.65. The number of likely N-dealkylation sites (tertiary alicyclic amines) is 1. The third kappa shape index (κ3) is 4.59. The maximum absolute atomic E-state index is 13.0. The van der Waals surface area contributed by atoms with E-state index in [9.17, 15) is 13.2 Å². The lowest BCUT2D eigenvalue weighted by Gasteiger charge is -2.37. The SMILES string of the molecule is CN1CCC(c2cc(Nc3cc(C(F)(F)F)ccn3)nc(N3CC(N)C3)n2)CC1. The lowest BCUT2D eigenvalue weighted by atomic mass is 9.93. The zero-order valence-corrected chi connectivity index (χ0v) is 16.2. The number of nitrogens with zero attached hydrogens (tertiary/aromatic N) is 5. The molecule has 0 atom stereocenters. The van der Waals surface area contributed by atoms with E-state index in [0.29, 0.717) is 24.9 Å². The van der Waals surface area contributed by atoms with Crippen molar-refractivity contribution in [3.05, 3.63) is 35.7 Å². The van der Waals surface area contributed by atoms with Gasteiger partial charge >= 0.3 is 6.18 Å². The van der Waals surface area contributed by atoms with Crippen LogP contribution in [0.25, 0.3) is 0 Å². The molecule has 0 bridgehead atoms. The van der Waals surface area contributed by atoms with E-state index in [-0.39, 0.29) is 17.8 Å². The summed E-state index contributed by atoms with van der Waals surface area (Å²) >= 11 is 0. The fraction of sp³-hybridized carbons (Fsp3) is 0.526. The van der Waals surface area contributed by atoms with Crippen LogP contribution in [0.15, 0.2) is 24.4 Å². The molecular formula is C19H24F3N7. The van der Waals surface area contributed by atoms with Crippen molar-refractivity contribution in [3.8, 4) is 0 Å². The number of aromatic nitrogens is 3. The highest BCUT2D eigenvalue weighted by Gasteiger charge is 2.31. The molecule has 4 heterocycles. The summed E-state index contributed by atoms with van der Waals surface area (Å²) in [6.45, 7) is 3.29. The second kappa shape index (κ2) is 7.75. The van der Waals surface area contributed by atoms with Gasteiger partial charge in [0.25, 0.3) is 0 Å². The average Bonchev–Trinajstić information content (AvgIpc) is 2.65.